The molecule has 0 atom stereocenters. The smallest absolute Gasteiger partial charge is 0.435 e. The topological polar surface area (TPSA) is 68.0 Å². The highest BCUT2D eigenvalue weighted by molar-refractivity contribution is 6.35. The summed E-state index contributed by atoms with van der Waals surface area (Å²) in [5.41, 5.74) is -2.45. The Morgan fingerprint density at radius 3 is 2.33 bits per heavy atom. The van der Waals surface area contributed by atoms with Gasteiger partial charge in [0.2, 0.25) is 5.69 Å². The lowest BCUT2D eigenvalue weighted by Crippen LogP contribution is -2.19. The van der Waals surface area contributed by atoms with Crippen LogP contribution in [0.15, 0.2) is 18.2 Å². The Morgan fingerprint density at radius 1 is 1.29 bits per heavy atom. The van der Waals surface area contributed by atoms with Crippen molar-refractivity contribution in [3.63, 3.8) is 0 Å². The van der Waals surface area contributed by atoms with E-state index in [4.69, 9.17) is 28.3 Å². The molecule has 112 valence electrons. The Bertz CT molecular complexity index is 680. The van der Waals surface area contributed by atoms with E-state index in [1.54, 1.807) is 0 Å². The summed E-state index contributed by atoms with van der Waals surface area (Å²) in [5, 5.41) is 15.3. The highest BCUT2D eigenvalue weighted by atomic mass is 35.5. The van der Waals surface area contributed by atoms with E-state index in [-0.39, 0.29) is 15.6 Å². The van der Waals surface area contributed by atoms with Gasteiger partial charge >= 0.3 is 12.1 Å². The second-order valence-corrected chi connectivity index (χ2v) is 4.76. The summed E-state index contributed by atoms with van der Waals surface area (Å²) in [4.78, 5) is 10.8. The molecule has 0 fully saturated rings. The Hall–Kier alpha value is -1.80. The maximum absolute atomic E-state index is 13.0. The van der Waals surface area contributed by atoms with Crippen LogP contribution in [-0.4, -0.2) is 26.1 Å². The summed E-state index contributed by atoms with van der Waals surface area (Å²) in [6.07, 6.45) is -4.93. The van der Waals surface area contributed by atoms with Crippen molar-refractivity contribution in [2.24, 2.45) is 0 Å². The van der Waals surface area contributed by atoms with E-state index in [1.165, 1.54) is 18.2 Å². The van der Waals surface area contributed by atoms with Crippen molar-refractivity contribution in [1.29, 1.82) is 0 Å². The number of carboxylic acid groups (broad SMARTS) is 1. The normalized spacial score (nSPS) is 11.7. The van der Waals surface area contributed by atoms with E-state index in [0.717, 1.165) is 0 Å². The van der Waals surface area contributed by atoms with Gasteiger partial charge < -0.3 is 5.11 Å². The molecular formula is C11H6Cl2F3N3O2. The van der Waals surface area contributed by atoms with Gasteiger partial charge in [-0.1, -0.05) is 34.5 Å². The zero-order valence-electron chi connectivity index (χ0n) is 10.0. The third kappa shape index (κ3) is 3.11. The van der Waals surface area contributed by atoms with Crippen LogP contribution >= 0.6 is 23.2 Å². The lowest BCUT2D eigenvalue weighted by atomic mass is 10.2. The largest absolute Gasteiger partial charge is 0.476 e. The van der Waals surface area contributed by atoms with E-state index in [0.29, 0.717) is 4.68 Å². The Labute approximate surface area is 125 Å². The van der Waals surface area contributed by atoms with Crippen molar-refractivity contribution in [2.75, 3.05) is 0 Å². The van der Waals surface area contributed by atoms with Gasteiger partial charge in [-0.2, -0.15) is 13.2 Å². The van der Waals surface area contributed by atoms with Crippen LogP contribution in [0.5, 0.6) is 0 Å². The van der Waals surface area contributed by atoms with Crippen molar-refractivity contribution in [3.8, 4) is 0 Å². The van der Waals surface area contributed by atoms with Crippen molar-refractivity contribution in [2.45, 2.75) is 12.7 Å². The Kier molecular flexibility index (Phi) is 4.11. The lowest BCUT2D eigenvalue weighted by molar-refractivity contribution is -0.144. The maximum Gasteiger partial charge on any atom is 0.435 e. The fraction of sp³-hybridized carbons (Fsp3) is 0.182. The zero-order valence-corrected chi connectivity index (χ0v) is 11.5. The van der Waals surface area contributed by atoms with Crippen LogP contribution in [0.25, 0.3) is 0 Å². The molecule has 1 aromatic carbocycles. The quantitative estimate of drug-likeness (QED) is 0.930. The minimum atomic E-state index is -4.93. The first-order chi connectivity index (χ1) is 9.71. The molecule has 0 spiro atoms. The number of hydrogen-bond acceptors (Lipinski definition) is 3. The number of rotatable bonds is 3. The molecule has 0 saturated heterocycles. The number of aromatic nitrogens is 3. The van der Waals surface area contributed by atoms with Gasteiger partial charge in [0.25, 0.3) is 0 Å². The van der Waals surface area contributed by atoms with Crippen LogP contribution in [0.2, 0.25) is 10.0 Å². The zero-order chi connectivity index (χ0) is 15.8. The molecule has 1 N–H and O–H groups in total. The van der Waals surface area contributed by atoms with Crippen molar-refractivity contribution >= 4 is 29.2 Å². The maximum atomic E-state index is 13.0. The number of halogens is 5. The van der Waals surface area contributed by atoms with Crippen LogP contribution < -0.4 is 0 Å². The van der Waals surface area contributed by atoms with Gasteiger partial charge in [0.1, 0.15) is 0 Å². The molecule has 1 aromatic heterocycles. The highest BCUT2D eigenvalue weighted by Gasteiger charge is 2.41. The molecule has 0 aliphatic rings. The monoisotopic (exact) mass is 339 g/mol. The van der Waals surface area contributed by atoms with E-state index in [2.05, 4.69) is 10.3 Å². The van der Waals surface area contributed by atoms with Gasteiger partial charge in [-0.15, -0.1) is 5.10 Å². The standard InChI is InChI=1S/C11H6Cl2F3N3O2/c12-6-2-1-3-7(13)5(6)4-19-9(11(14,15)16)8(10(20)21)17-18-19/h1-3H,4H2,(H,20,21). The molecule has 0 bridgehead atoms. The number of aromatic carboxylic acids is 1. The Morgan fingerprint density at radius 2 is 1.86 bits per heavy atom. The van der Waals surface area contributed by atoms with Gasteiger partial charge in [-0.3, -0.25) is 0 Å². The molecule has 0 amide bonds. The average molecular weight is 340 g/mol. The first kappa shape index (κ1) is 15.6. The van der Waals surface area contributed by atoms with Gasteiger partial charge in [0, 0.05) is 15.6 Å². The molecule has 0 unspecified atom stereocenters. The second kappa shape index (κ2) is 5.53. The van der Waals surface area contributed by atoms with E-state index in [9.17, 15) is 18.0 Å². The molecule has 0 saturated carbocycles. The predicted octanol–water partition coefficient (Wildman–Crippen LogP) is 3.35. The highest BCUT2D eigenvalue weighted by Crippen LogP contribution is 2.33. The van der Waals surface area contributed by atoms with Gasteiger partial charge in [0.15, 0.2) is 5.69 Å². The lowest BCUT2D eigenvalue weighted by Gasteiger charge is -2.12. The van der Waals surface area contributed by atoms with Crippen LogP contribution in [0.4, 0.5) is 13.2 Å². The van der Waals surface area contributed by atoms with Crippen LogP contribution in [0.3, 0.4) is 0 Å². The average Bonchev–Trinajstić information content (AvgIpc) is 2.77. The molecule has 5 nitrogen and oxygen atoms in total. The van der Waals surface area contributed by atoms with Gasteiger partial charge in [0.05, 0.1) is 6.54 Å². The summed E-state index contributed by atoms with van der Waals surface area (Å²) < 4.78 is 39.3. The molecule has 21 heavy (non-hydrogen) atoms. The summed E-state index contributed by atoms with van der Waals surface area (Å²) >= 11 is 11.7. The molecule has 2 rings (SSSR count). The molecular weight excluding hydrogens is 334 g/mol. The van der Waals surface area contributed by atoms with Crippen molar-refractivity contribution in [1.82, 2.24) is 15.0 Å². The minimum Gasteiger partial charge on any atom is -0.476 e. The van der Waals surface area contributed by atoms with Crippen LogP contribution in [0, 0.1) is 0 Å². The van der Waals surface area contributed by atoms with Crippen LogP contribution in [0.1, 0.15) is 21.7 Å². The third-order valence-corrected chi connectivity index (χ3v) is 3.28. The molecule has 10 heteroatoms. The van der Waals surface area contributed by atoms with Gasteiger partial charge in [-0.25, -0.2) is 9.48 Å². The third-order valence-electron chi connectivity index (χ3n) is 2.58. The molecule has 0 radical (unpaired) electrons. The first-order valence-corrected chi connectivity index (χ1v) is 6.14. The molecule has 0 aliphatic carbocycles. The number of benzene rings is 1. The van der Waals surface area contributed by atoms with E-state index in [1.807, 2.05) is 0 Å². The number of carboxylic acids is 1. The molecule has 0 aliphatic heterocycles. The van der Waals surface area contributed by atoms with E-state index < -0.39 is 30.1 Å². The molecule has 2 aromatic rings. The first-order valence-electron chi connectivity index (χ1n) is 5.38. The second-order valence-electron chi connectivity index (χ2n) is 3.95. The fourth-order valence-electron chi connectivity index (χ4n) is 1.68. The van der Waals surface area contributed by atoms with Crippen molar-refractivity contribution in [3.05, 3.63) is 45.2 Å². The van der Waals surface area contributed by atoms with Gasteiger partial charge in [-0.05, 0) is 12.1 Å². The fourth-order valence-corrected chi connectivity index (χ4v) is 2.20. The summed E-state index contributed by atoms with van der Waals surface area (Å²) in [6.45, 7) is -0.451. The molecule has 1 heterocycles. The number of nitrogens with zero attached hydrogens (tertiary/aromatic N) is 3. The summed E-state index contributed by atoms with van der Waals surface area (Å²) in [6, 6.07) is 4.43. The Balaban J connectivity index is 2.53. The number of alkyl halides is 3. The SMILES string of the molecule is O=C(O)c1nnn(Cc2c(Cl)cccc2Cl)c1C(F)(F)F. The summed E-state index contributed by atoms with van der Waals surface area (Å²) in [5.74, 6) is -1.82. The number of hydrogen-bond donors (Lipinski definition) is 1. The van der Waals surface area contributed by atoms with E-state index >= 15 is 0 Å². The minimum absolute atomic E-state index is 0.142. The number of carbonyl (C=O) groups is 1. The van der Waals surface area contributed by atoms with Crippen molar-refractivity contribution < 1.29 is 23.1 Å². The summed E-state index contributed by atoms with van der Waals surface area (Å²) in [7, 11) is 0. The van der Waals surface area contributed by atoms with Crippen LogP contribution in [-0.2, 0) is 12.7 Å². The predicted molar refractivity (Wildman–Crippen MR) is 67.5 cm³/mol.